The van der Waals surface area contributed by atoms with Crippen molar-refractivity contribution in [2.45, 2.75) is 0 Å². The van der Waals surface area contributed by atoms with Crippen molar-refractivity contribution in [3.05, 3.63) is 42.7 Å². The predicted octanol–water partition coefficient (Wildman–Crippen LogP) is 2.02. The summed E-state index contributed by atoms with van der Waals surface area (Å²) < 4.78 is 10.1. The van der Waals surface area contributed by atoms with Crippen LogP contribution >= 0.6 is 0 Å². The Balaban J connectivity index is 1.98. The molecule has 0 N–H and O–H groups in total. The summed E-state index contributed by atoms with van der Waals surface area (Å²) in [6.45, 7) is 0.276. The number of nitrogens with zero attached hydrogens (tertiary/aromatic N) is 2. The minimum absolute atomic E-state index is 0.276. The zero-order chi connectivity index (χ0) is 12.1. The number of rotatable bonds is 1. The first-order valence-electron chi connectivity index (χ1n) is 5.10. The maximum atomic E-state index is 11.8. The standard InChI is InChI=1S/C12H12N2O3/c1-16-11-9-14(8-7-13-11)12(15)17-10-5-3-2-4-6-10/h2-8H,9H2,1H3. The summed E-state index contributed by atoms with van der Waals surface area (Å²) in [7, 11) is 1.51. The minimum Gasteiger partial charge on any atom is -0.483 e. The molecule has 1 aliphatic heterocycles. The molecule has 1 amide bonds. The number of hydrogen-bond donors (Lipinski definition) is 0. The second-order valence-electron chi connectivity index (χ2n) is 3.33. The number of methoxy groups -OCH3 is 1. The number of hydrogen-bond acceptors (Lipinski definition) is 4. The Morgan fingerprint density at radius 2 is 2.12 bits per heavy atom. The molecule has 0 bridgehead atoms. The van der Waals surface area contributed by atoms with E-state index in [4.69, 9.17) is 9.47 Å². The lowest BCUT2D eigenvalue weighted by atomic mass is 10.3. The van der Waals surface area contributed by atoms with Crippen molar-refractivity contribution in [3.8, 4) is 5.75 Å². The average Bonchev–Trinajstić information content (AvgIpc) is 2.40. The molecule has 0 fully saturated rings. The van der Waals surface area contributed by atoms with Gasteiger partial charge in [-0.1, -0.05) is 18.2 Å². The maximum absolute atomic E-state index is 11.8. The topological polar surface area (TPSA) is 51.1 Å². The van der Waals surface area contributed by atoms with E-state index in [2.05, 4.69) is 4.99 Å². The second kappa shape index (κ2) is 5.16. The molecule has 0 spiro atoms. The Kier molecular flexibility index (Phi) is 3.40. The molecule has 5 heteroatoms. The van der Waals surface area contributed by atoms with Crippen molar-refractivity contribution < 1.29 is 14.3 Å². The van der Waals surface area contributed by atoms with E-state index in [0.717, 1.165) is 0 Å². The Labute approximate surface area is 99.0 Å². The van der Waals surface area contributed by atoms with Crippen LogP contribution in [0, 0.1) is 0 Å². The lowest BCUT2D eigenvalue weighted by Gasteiger charge is -2.20. The fraction of sp³-hybridized carbons (Fsp3) is 0.167. The lowest BCUT2D eigenvalue weighted by Crippen LogP contribution is -2.35. The first-order valence-corrected chi connectivity index (χ1v) is 5.10. The Bertz CT molecular complexity index is 454. The third kappa shape index (κ3) is 2.84. The van der Waals surface area contributed by atoms with E-state index in [1.807, 2.05) is 6.07 Å². The molecule has 0 radical (unpaired) electrons. The quantitative estimate of drug-likeness (QED) is 0.744. The van der Waals surface area contributed by atoms with Gasteiger partial charge in [-0.05, 0) is 12.1 Å². The van der Waals surface area contributed by atoms with Gasteiger partial charge in [-0.2, -0.15) is 0 Å². The molecule has 1 aromatic carbocycles. The molecule has 5 nitrogen and oxygen atoms in total. The number of carbonyl (C=O) groups excluding carboxylic acids is 1. The molecule has 0 saturated heterocycles. The number of aliphatic imine (C=N–C) groups is 1. The molecule has 17 heavy (non-hydrogen) atoms. The van der Waals surface area contributed by atoms with E-state index in [9.17, 15) is 4.79 Å². The molecule has 0 saturated carbocycles. The van der Waals surface area contributed by atoms with Gasteiger partial charge in [0.25, 0.3) is 0 Å². The van der Waals surface area contributed by atoms with E-state index in [0.29, 0.717) is 11.6 Å². The van der Waals surface area contributed by atoms with Gasteiger partial charge in [-0.3, -0.25) is 4.90 Å². The van der Waals surface area contributed by atoms with Crippen molar-refractivity contribution in [2.75, 3.05) is 13.7 Å². The lowest BCUT2D eigenvalue weighted by molar-refractivity contribution is 0.171. The molecular formula is C12H12N2O3. The SMILES string of the molecule is COC1=NC=CN(C(=O)Oc2ccccc2)C1. The van der Waals surface area contributed by atoms with Gasteiger partial charge in [-0.15, -0.1) is 0 Å². The number of carbonyl (C=O) groups is 1. The van der Waals surface area contributed by atoms with E-state index in [1.165, 1.54) is 18.2 Å². The van der Waals surface area contributed by atoms with Crippen LogP contribution in [0.1, 0.15) is 0 Å². The molecule has 88 valence electrons. The van der Waals surface area contributed by atoms with Gasteiger partial charge in [-0.25, -0.2) is 9.79 Å². The van der Waals surface area contributed by atoms with Crippen LogP contribution in [0.5, 0.6) is 5.75 Å². The highest BCUT2D eigenvalue weighted by Gasteiger charge is 2.18. The van der Waals surface area contributed by atoms with E-state index in [1.54, 1.807) is 30.5 Å². The van der Waals surface area contributed by atoms with Gasteiger partial charge in [0.05, 0.1) is 7.11 Å². The number of ether oxygens (including phenoxy) is 2. The summed E-state index contributed by atoms with van der Waals surface area (Å²) in [6, 6.07) is 8.90. The Morgan fingerprint density at radius 1 is 1.35 bits per heavy atom. The highest BCUT2D eigenvalue weighted by Crippen LogP contribution is 2.11. The predicted molar refractivity (Wildman–Crippen MR) is 62.8 cm³/mol. The minimum atomic E-state index is -0.461. The third-order valence-electron chi connectivity index (χ3n) is 2.19. The van der Waals surface area contributed by atoms with Crippen molar-refractivity contribution in [1.29, 1.82) is 0 Å². The van der Waals surface area contributed by atoms with Crippen LogP contribution in [0.25, 0.3) is 0 Å². The Morgan fingerprint density at radius 3 is 2.82 bits per heavy atom. The third-order valence-corrected chi connectivity index (χ3v) is 2.19. The number of amides is 1. The van der Waals surface area contributed by atoms with Crippen molar-refractivity contribution >= 4 is 12.0 Å². The number of para-hydroxylation sites is 1. The van der Waals surface area contributed by atoms with E-state index in [-0.39, 0.29) is 6.54 Å². The summed E-state index contributed by atoms with van der Waals surface area (Å²) in [6.07, 6.45) is 2.58. The summed E-state index contributed by atoms with van der Waals surface area (Å²) in [5.74, 6) is 0.977. The molecule has 1 aromatic rings. The van der Waals surface area contributed by atoms with Crippen LogP contribution in [0.2, 0.25) is 0 Å². The monoisotopic (exact) mass is 232 g/mol. The second-order valence-corrected chi connectivity index (χ2v) is 3.33. The zero-order valence-corrected chi connectivity index (χ0v) is 9.37. The zero-order valence-electron chi connectivity index (χ0n) is 9.37. The van der Waals surface area contributed by atoms with E-state index < -0.39 is 6.09 Å². The summed E-state index contributed by atoms with van der Waals surface area (Å²) in [4.78, 5) is 17.1. The van der Waals surface area contributed by atoms with Crippen LogP contribution in [0.15, 0.2) is 47.7 Å². The fourth-order valence-electron chi connectivity index (χ4n) is 1.33. The molecule has 0 atom stereocenters. The van der Waals surface area contributed by atoms with Crippen molar-refractivity contribution in [2.24, 2.45) is 4.99 Å². The van der Waals surface area contributed by atoms with Crippen LogP contribution in [0.3, 0.4) is 0 Å². The van der Waals surface area contributed by atoms with Gasteiger partial charge in [0.15, 0.2) is 0 Å². The summed E-state index contributed by atoms with van der Waals surface area (Å²) in [5, 5.41) is 0. The van der Waals surface area contributed by atoms with Crippen molar-refractivity contribution in [1.82, 2.24) is 4.90 Å². The molecule has 1 heterocycles. The summed E-state index contributed by atoms with van der Waals surface area (Å²) in [5.41, 5.74) is 0. The molecular weight excluding hydrogens is 220 g/mol. The van der Waals surface area contributed by atoms with Gasteiger partial charge < -0.3 is 9.47 Å². The first-order chi connectivity index (χ1) is 8.29. The fourth-order valence-corrected chi connectivity index (χ4v) is 1.33. The van der Waals surface area contributed by atoms with Crippen LogP contribution in [-0.4, -0.2) is 30.5 Å². The van der Waals surface area contributed by atoms with E-state index >= 15 is 0 Å². The van der Waals surface area contributed by atoms with Crippen LogP contribution in [-0.2, 0) is 4.74 Å². The molecule has 1 aliphatic rings. The smallest absolute Gasteiger partial charge is 0.419 e. The van der Waals surface area contributed by atoms with Crippen molar-refractivity contribution in [3.63, 3.8) is 0 Å². The molecule has 0 unspecified atom stereocenters. The van der Waals surface area contributed by atoms with Gasteiger partial charge in [0.1, 0.15) is 12.3 Å². The average molecular weight is 232 g/mol. The molecule has 0 aliphatic carbocycles. The van der Waals surface area contributed by atoms with Crippen LogP contribution < -0.4 is 4.74 Å². The van der Waals surface area contributed by atoms with Gasteiger partial charge in [0.2, 0.25) is 5.90 Å². The number of benzene rings is 1. The summed E-state index contributed by atoms with van der Waals surface area (Å²) >= 11 is 0. The molecule has 2 rings (SSSR count). The maximum Gasteiger partial charge on any atom is 0.419 e. The highest BCUT2D eigenvalue weighted by molar-refractivity contribution is 5.84. The van der Waals surface area contributed by atoms with Gasteiger partial charge >= 0.3 is 6.09 Å². The normalized spacial score (nSPS) is 14.2. The highest BCUT2D eigenvalue weighted by atomic mass is 16.6. The Hall–Kier alpha value is -2.30. The van der Waals surface area contributed by atoms with Crippen LogP contribution in [0.4, 0.5) is 4.79 Å². The van der Waals surface area contributed by atoms with Gasteiger partial charge in [0, 0.05) is 12.4 Å². The largest absolute Gasteiger partial charge is 0.483 e. The molecule has 0 aromatic heterocycles. The first kappa shape index (κ1) is 11.2.